The van der Waals surface area contributed by atoms with E-state index in [0.717, 1.165) is 135 Å². The van der Waals surface area contributed by atoms with E-state index in [1.807, 2.05) is 0 Å². The van der Waals surface area contributed by atoms with Gasteiger partial charge in [-0.05, 0) is 308 Å². The predicted octanol–water partition coefficient (Wildman–Crippen LogP) is 38.0. The molecule has 0 aromatic heterocycles. The quantitative estimate of drug-likeness (QED) is 0.0626. The van der Waals surface area contributed by atoms with Gasteiger partial charge in [-0.25, -0.2) is 0 Å². The lowest BCUT2D eigenvalue weighted by Crippen LogP contribution is -2.14. The molecule has 0 bridgehead atoms. The van der Waals surface area contributed by atoms with Crippen molar-refractivity contribution in [2.45, 2.75) is 67.2 Å². The molecule has 6 heteroatoms. The van der Waals surface area contributed by atoms with Crippen molar-refractivity contribution in [2.75, 3.05) is 29.4 Å². The normalized spacial score (nSPS) is 11.8. The molecule has 0 aliphatic rings. The number of hydrogen-bond acceptors (Lipinski definition) is 6. The predicted molar refractivity (Wildman–Crippen MR) is 584 cm³/mol. The number of benzene rings is 24. The molecule has 650 valence electrons. The van der Waals surface area contributed by atoms with E-state index in [-0.39, 0.29) is 0 Å². The standard InChI is InChI=1S/C130H100N6/c1-83(2)89-42-60-105(61-43-89)132(100-30-15-10-16-31-100)119-80-121(114-70-52-94-27-23-26-93-51-69-113(119)128(114)125(93)94)134(106-62-44-90(45-63-106)84(3)4)107-64-46-91(47-65-107)98-78-96-54-72-115-120(131(99-28-13-9-14-29-99)103-56-38-85(5)39-57-103)81-122(116-73-55-97(79-98)126(96)129(115)116)133(104-58-40-86(6)41-59-104)108-66-48-92(49-67-108)111-68-50-95-53-71-117-123(135(101-32-17-11-18-33-101)109-36-21-24-87(7)76-109)82-124(118-75-74-112(111)127(95)130(117)118)136(102-34-19-12-20-35-102)110-37-22-25-88(8)77-110/h9-84H,1-8H3. The fourth-order valence-corrected chi connectivity index (χ4v) is 21.5. The minimum Gasteiger partial charge on any atom is -0.310 e. The van der Waals surface area contributed by atoms with Crippen LogP contribution in [-0.4, -0.2) is 0 Å². The summed E-state index contributed by atoms with van der Waals surface area (Å²) in [6.45, 7) is 17.8. The second-order valence-electron chi connectivity index (χ2n) is 37.5. The highest BCUT2D eigenvalue weighted by molar-refractivity contribution is 6.33. The van der Waals surface area contributed by atoms with Gasteiger partial charge in [-0.15, -0.1) is 0 Å². The third kappa shape index (κ3) is 14.3. The molecule has 136 heavy (non-hydrogen) atoms. The van der Waals surface area contributed by atoms with Gasteiger partial charge >= 0.3 is 0 Å². The van der Waals surface area contributed by atoms with Crippen molar-refractivity contribution in [1.29, 1.82) is 0 Å². The maximum Gasteiger partial charge on any atom is 0.0561 e. The van der Waals surface area contributed by atoms with E-state index in [2.05, 4.69) is 534 Å². The van der Waals surface area contributed by atoms with Gasteiger partial charge in [-0.2, -0.15) is 0 Å². The van der Waals surface area contributed by atoms with Crippen LogP contribution in [0.1, 0.15) is 72.9 Å². The van der Waals surface area contributed by atoms with Crippen LogP contribution in [0.25, 0.3) is 119 Å². The average molecular weight is 1750 g/mol. The molecular weight excluding hydrogens is 1650 g/mol. The van der Waals surface area contributed by atoms with E-state index < -0.39 is 0 Å². The Balaban J connectivity index is 0.670. The van der Waals surface area contributed by atoms with Crippen molar-refractivity contribution < 1.29 is 0 Å². The Morgan fingerprint density at radius 1 is 0.154 bits per heavy atom. The summed E-state index contributed by atoms with van der Waals surface area (Å²) in [5.74, 6) is 0.756. The Labute approximate surface area is 795 Å². The summed E-state index contributed by atoms with van der Waals surface area (Å²) >= 11 is 0. The first-order chi connectivity index (χ1) is 66.7. The van der Waals surface area contributed by atoms with E-state index in [0.29, 0.717) is 11.8 Å². The highest BCUT2D eigenvalue weighted by atomic mass is 15.2. The first-order valence-electron chi connectivity index (χ1n) is 47.6. The molecule has 6 nitrogen and oxygen atoms in total. The van der Waals surface area contributed by atoms with Crippen LogP contribution in [0, 0.1) is 27.7 Å². The van der Waals surface area contributed by atoms with Gasteiger partial charge in [-0.3, -0.25) is 0 Å². The summed E-state index contributed by atoms with van der Waals surface area (Å²) in [5, 5.41) is 21.5. The van der Waals surface area contributed by atoms with Gasteiger partial charge in [0.1, 0.15) is 0 Å². The second kappa shape index (κ2) is 33.8. The molecular formula is C130H100N6. The van der Waals surface area contributed by atoms with Crippen molar-refractivity contribution in [3.8, 4) is 22.3 Å². The van der Waals surface area contributed by atoms with Crippen LogP contribution in [0.2, 0.25) is 0 Å². The molecule has 0 aliphatic carbocycles. The molecule has 0 radical (unpaired) electrons. The smallest absolute Gasteiger partial charge is 0.0561 e. The molecule has 0 heterocycles. The second-order valence-corrected chi connectivity index (χ2v) is 37.5. The van der Waals surface area contributed by atoms with E-state index in [1.54, 1.807) is 0 Å². The lowest BCUT2D eigenvalue weighted by molar-refractivity contribution is 0.866. The SMILES string of the molecule is Cc1ccc(N(c2ccccc2)c2cc(N(c3ccc(C)cc3)c3ccc(-c4ccc5ccc6c(N(c7ccccc7)c7cccc(C)c7)cc(N(c7ccccc7)c7cccc(C)c7)c7ccc4c5c67)cc3)c3ccc4cc(-c5ccc(N(c6ccc(C(C)C)cc6)c6cc(N(c7ccccc7)c7ccc(C(C)C)cc7)c7ccc8cccc9ccc6c7c89)cc5)cc5ccc2c3c54)cc1. The van der Waals surface area contributed by atoms with E-state index >= 15 is 0 Å². The van der Waals surface area contributed by atoms with Crippen molar-refractivity contribution in [1.82, 2.24) is 0 Å². The molecule has 0 unspecified atom stereocenters. The van der Waals surface area contributed by atoms with Gasteiger partial charge in [0.05, 0.1) is 34.1 Å². The fraction of sp³-hybridized carbons (Fsp3) is 0.0769. The van der Waals surface area contributed by atoms with Gasteiger partial charge in [0, 0.05) is 117 Å². The fourth-order valence-electron chi connectivity index (χ4n) is 21.5. The minimum atomic E-state index is 0.362. The number of anilines is 18. The van der Waals surface area contributed by atoms with Crippen LogP contribution in [0.3, 0.4) is 0 Å². The molecule has 0 aliphatic heterocycles. The third-order valence-electron chi connectivity index (χ3n) is 28.2. The number of aryl methyl sites for hydroxylation is 4. The van der Waals surface area contributed by atoms with Crippen molar-refractivity contribution in [2.24, 2.45) is 0 Å². The lowest BCUT2D eigenvalue weighted by Gasteiger charge is -2.33. The Hall–Kier alpha value is -16.8. The Bertz CT molecular complexity index is 8460. The van der Waals surface area contributed by atoms with Gasteiger partial charge in [0.15, 0.2) is 0 Å². The minimum absolute atomic E-state index is 0.362. The zero-order chi connectivity index (χ0) is 91.5. The zero-order valence-corrected chi connectivity index (χ0v) is 77.6. The Morgan fingerprint density at radius 2 is 0.412 bits per heavy atom. The molecule has 0 N–H and O–H groups in total. The summed E-state index contributed by atoms with van der Waals surface area (Å²) in [6, 6.07) is 169. The van der Waals surface area contributed by atoms with Crippen LogP contribution < -0.4 is 29.4 Å². The van der Waals surface area contributed by atoms with Gasteiger partial charge < -0.3 is 29.4 Å². The maximum absolute atomic E-state index is 2.51. The Kier molecular flexibility index (Phi) is 20.5. The summed E-state index contributed by atoms with van der Waals surface area (Å²) in [4.78, 5) is 14.9. The summed E-state index contributed by atoms with van der Waals surface area (Å²) < 4.78 is 0. The van der Waals surface area contributed by atoms with Crippen molar-refractivity contribution in [3.05, 3.63) is 482 Å². The highest BCUT2D eigenvalue weighted by Crippen LogP contribution is 2.57. The molecule has 0 spiro atoms. The number of nitrogens with zero attached hydrogens (tertiary/aromatic N) is 6. The number of hydrogen-bond donors (Lipinski definition) is 0. The molecule has 24 aromatic carbocycles. The van der Waals surface area contributed by atoms with E-state index in [9.17, 15) is 0 Å². The Morgan fingerprint density at radius 3 is 0.757 bits per heavy atom. The molecule has 0 fully saturated rings. The molecule has 24 rings (SSSR count). The van der Waals surface area contributed by atoms with Crippen molar-refractivity contribution >= 4 is 199 Å². The molecule has 0 amide bonds. The van der Waals surface area contributed by atoms with Gasteiger partial charge in [0.25, 0.3) is 0 Å². The summed E-state index contributed by atoms with van der Waals surface area (Å²) in [7, 11) is 0. The summed E-state index contributed by atoms with van der Waals surface area (Å²) in [6.07, 6.45) is 0. The zero-order valence-electron chi connectivity index (χ0n) is 77.6. The summed E-state index contributed by atoms with van der Waals surface area (Å²) in [5.41, 5.74) is 31.4. The third-order valence-corrected chi connectivity index (χ3v) is 28.2. The van der Waals surface area contributed by atoms with Crippen LogP contribution in [0.15, 0.2) is 449 Å². The van der Waals surface area contributed by atoms with E-state index in [4.69, 9.17) is 0 Å². The van der Waals surface area contributed by atoms with Gasteiger partial charge in [-0.1, -0.05) is 312 Å². The average Bonchev–Trinajstić information content (AvgIpc) is 0.698. The number of para-hydroxylation sites is 4. The van der Waals surface area contributed by atoms with Crippen LogP contribution >= 0.6 is 0 Å². The number of rotatable bonds is 22. The monoisotopic (exact) mass is 1740 g/mol. The van der Waals surface area contributed by atoms with Gasteiger partial charge in [0.2, 0.25) is 0 Å². The van der Waals surface area contributed by atoms with Crippen LogP contribution in [0.5, 0.6) is 0 Å². The molecule has 24 aromatic rings. The largest absolute Gasteiger partial charge is 0.310 e. The van der Waals surface area contributed by atoms with Crippen molar-refractivity contribution in [3.63, 3.8) is 0 Å². The molecule has 0 atom stereocenters. The lowest BCUT2D eigenvalue weighted by atomic mass is 9.88. The first kappa shape index (κ1) is 82.4. The topological polar surface area (TPSA) is 19.4 Å². The first-order valence-corrected chi connectivity index (χ1v) is 47.6. The molecule has 0 saturated heterocycles. The highest BCUT2D eigenvalue weighted by Gasteiger charge is 2.31. The van der Waals surface area contributed by atoms with E-state index in [1.165, 1.54) is 120 Å². The maximum atomic E-state index is 2.51. The molecule has 0 saturated carbocycles. The van der Waals surface area contributed by atoms with Crippen LogP contribution in [0.4, 0.5) is 102 Å². The van der Waals surface area contributed by atoms with Crippen LogP contribution in [-0.2, 0) is 0 Å².